The van der Waals surface area contributed by atoms with Gasteiger partial charge in [0.2, 0.25) is 0 Å². The van der Waals surface area contributed by atoms with Crippen LogP contribution >= 0.6 is 11.6 Å². The maximum atomic E-state index is 15.1. The average molecular weight is 471 g/mol. The molecule has 2 rings (SSSR count). The first-order valence-electron chi connectivity index (χ1n) is 10.5. The number of rotatable bonds is 4. The van der Waals surface area contributed by atoms with Crippen molar-refractivity contribution in [1.29, 1.82) is 0 Å². The van der Waals surface area contributed by atoms with Crippen molar-refractivity contribution >= 4 is 29.9 Å². The molecular weight excluding hydrogens is 439 g/mol. The molecule has 0 spiro atoms. The lowest BCUT2D eigenvalue weighted by molar-refractivity contribution is -0.184. The number of carboxylic acids is 1. The Labute approximate surface area is 193 Å². The first-order valence-corrected chi connectivity index (χ1v) is 10.9. The number of carboxylic acid groups (broad SMARTS) is 2. The maximum Gasteiger partial charge on any atom is 0.407 e. The number of carbonyl (C=O) groups is 3. The third-order valence-corrected chi connectivity index (χ3v) is 6.96. The number of pyridine rings is 1. The SMILES string of the molecule is C[C@@H]1C(C(C)(C)C)[C@](Cc2nc(Cl)cc(C=O)c2F)(C(=O)O)C(C(C)(C)C)CN1C(=O)O. The molecular formula is C23H32ClFN2O5. The summed E-state index contributed by atoms with van der Waals surface area (Å²) in [7, 11) is 0. The average Bonchev–Trinajstić information content (AvgIpc) is 2.61. The van der Waals surface area contributed by atoms with Crippen LogP contribution in [0.15, 0.2) is 6.07 Å². The molecule has 1 aliphatic heterocycles. The number of piperidine rings is 1. The van der Waals surface area contributed by atoms with Gasteiger partial charge in [-0.3, -0.25) is 9.59 Å². The van der Waals surface area contributed by atoms with Crippen molar-refractivity contribution in [1.82, 2.24) is 9.88 Å². The van der Waals surface area contributed by atoms with E-state index in [1.165, 1.54) is 4.90 Å². The Balaban J connectivity index is 2.90. The number of nitrogens with zero attached hydrogens (tertiary/aromatic N) is 2. The van der Waals surface area contributed by atoms with Gasteiger partial charge in [0.15, 0.2) is 12.1 Å². The zero-order valence-corrected chi connectivity index (χ0v) is 20.3. The Hall–Kier alpha value is -2.22. The summed E-state index contributed by atoms with van der Waals surface area (Å²) in [5, 5.41) is 20.5. The second-order valence-electron chi connectivity index (χ2n) is 10.9. The van der Waals surface area contributed by atoms with E-state index < -0.39 is 52.0 Å². The van der Waals surface area contributed by atoms with E-state index in [0.717, 1.165) is 6.07 Å². The Morgan fingerprint density at radius 2 is 1.81 bits per heavy atom. The van der Waals surface area contributed by atoms with Crippen LogP contribution in [-0.4, -0.2) is 51.0 Å². The van der Waals surface area contributed by atoms with Crippen LogP contribution < -0.4 is 0 Å². The number of hydrogen-bond acceptors (Lipinski definition) is 4. The largest absolute Gasteiger partial charge is 0.481 e. The minimum Gasteiger partial charge on any atom is -0.481 e. The highest BCUT2D eigenvalue weighted by Crippen LogP contribution is 2.58. The van der Waals surface area contributed by atoms with Crippen molar-refractivity contribution in [3.8, 4) is 0 Å². The fourth-order valence-corrected chi connectivity index (χ4v) is 6.01. The van der Waals surface area contributed by atoms with E-state index in [2.05, 4.69) is 4.98 Å². The second-order valence-corrected chi connectivity index (χ2v) is 11.3. The number of aldehydes is 1. The van der Waals surface area contributed by atoms with Crippen LogP contribution in [0, 0.1) is 33.9 Å². The molecule has 2 N–H and O–H groups in total. The smallest absolute Gasteiger partial charge is 0.407 e. The first-order chi connectivity index (χ1) is 14.5. The summed E-state index contributed by atoms with van der Waals surface area (Å²) in [5.74, 6) is -3.42. The van der Waals surface area contributed by atoms with Gasteiger partial charge in [0, 0.05) is 24.9 Å². The fourth-order valence-electron chi connectivity index (χ4n) is 5.79. The number of hydrogen-bond donors (Lipinski definition) is 2. The van der Waals surface area contributed by atoms with Crippen molar-refractivity contribution in [3.63, 3.8) is 0 Å². The van der Waals surface area contributed by atoms with Crippen LogP contribution in [-0.2, 0) is 11.2 Å². The molecule has 0 radical (unpaired) electrons. The van der Waals surface area contributed by atoms with Crippen molar-refractivity contribution in [2.24, 2.45) is 28.1 Å². The van der Waals surface area contributed by atoms with E-state index in [9.17, 15) is 24.6 Å². The second kappa shape index (κ2) is 8.61. The Morgan fingerprint density at radius 3 is 2.22 bits per heavy atom. The van der Waals surface area contributed by atoms with E-state index in [4.69, 9.17) is 11.6 Å². The Kier molecular flexibility index (Phi) is 7.01. The Morgan fingerprint density at radius 1 is 1.25 bits per heavy atom. The molecule has 1 fully saturated rings. The summed E-state index contributed by atoms with van der Waals surface area (Å²) < 4.78 is 15.1. The van der Waals surface area contributed by atoms with Gasteiger partial charge in [-0.25, -0.2) is 14.2 Å². The number of halogens is 2. The highest BCUT2D eigenvalue weighted by molar-refractivity contribution is 6.29. The molecule has 0 aromatic carbocycles. The van der Waals surface area contributed by atoms with E-state index in [0.29, 0.717) is 6.29 Å². The molecule has 7 nitrogen and oxygen atoms in total. The number of aromatic nitrogens is 1. The zero-order valence-electron chi connectivity index (χ0n) is 19.6. The van der Waals surface area contributed by atoms with Gasteiger partial charge in [0.1, 0.15) is 5.15 Å². The van der Waals surface area contributed by atoms with Gasteiger partial charge < -0.3 is 15.1 Å². The molecule has 2 unspecified atom stereocenters. The summed E-state index contributed by atoms with van der Waals surface area (Å²) in [5.41, 5.74) is -3.37. The van der Waals surface area contributed by atoms with Gasteiger partial charge in [-0.1, -0.05) is 53.1 Å². The minimum absolute atomic E-state index is 0.0262. The molecule has 1 amide bonds. The molecule has 1 aromatic heterocycles. The highest BCUT2D eigenvalue weighted by atomic mass is 35.5. The highest BCUT2D eigenvalue weighted by Gasteiger charge is 2.64. The third kappa shape index (κ3) is 4.47. The molecule has 4 atom stereocenters. The summed E-state index contributed by atoms with van der Waals surface area (Å²) >= 11 is 6.02. The number of amides is 1. The monoisotopic (exact) mass is 470 g/mol. The lowest BCUT2D eigenvalue weighted by atomic mass is 9.48. The van der Waals surface area contributed by atoms with Gasteiger partial charge in [-0.2, -0.15) is 0 Å². The van der Waals surface area contributed by atoms with E-state index in [-0.39, 0.29) is 29.4 Å². The van der Waals surface area contributed by atoms with E-state index >= 15 is 4.39 Å². The van der Waals surface area contributed by atoms with Gasteiger partial charge in [0.25, 0.3) is 0 Å². The van der Waals surface area contributed by atoms with Crippen molar-refractivity contribution < 1.29 is 29.0 Å². The normalized spacial score (nSPS) is 26.7. The summed E-state index contributed by atoms with van der Waals surface area (Å²) in [6.07, 6.45) is -1.13. The van der Waals surface area contributed by atoms with Crippen LogP contribution in [0.5, 0.6) is 0 Å². The summed E-state index contributed by atoms with van der Waals surface area (Å²) in [4.78, 5) is 41.9. The van der Waals surface area contributed by atoms with Crippen LogP contribution in [0.25, 0.3) is 0 Å². The quantitative estimate of drug-likeness (QED) is 0.473. The lowest BCUT2D eigenvalue weighted by Crippen LogP contribution is -2.68. The van der Waals surface area contributed by atoms with Crippen molar-refractivity contribution in [3.05, 3.63) is 28.3 Å². The third-order valence-electron chi connectivity index (χ3n) is 6.76. The number of aliphatic carboxylic acids is 1. The molecule has 1 aromatic rings. The number of likely N-dealkylation sites (tertiary alicyclic amines) is 1. The first kappa shape index (κ1) is 26.0. The predicted molar refractivity (Wildman–Crippen MR) is 118 cm³/mol. The molecule has 1 saturated heterocycles. The maximum absolute atomic E-state index is 15.1. The van der Waals surface area contributed by atoms with Crippen LogP contribution in [0.3, 0.4) is 0 Å². The van der Waals surface area contributed by atoms with Gasteiger partial charge >= 0.3 is 12.1 Å². The minimum atomic E-state index is -1.57. The number of carbonyl (C=O) groups excluding carboxylic acids is 1. The zero-order chi connectivity index (χ0) is 24.8. The Bertz CT molecular complexity index is 924. The molecule has 2 heterocycles. The summed E-state index contributed by atoms with van der Waals surface area (Å²) in [6.45, 7) is 12.8. The van der Waals surface area contributed by atoms with Gasteiger partial charge in [0.05, 0.1) is 16.7 Å². The van der Waals surface area contributed by atoms with Gasteiger partial charge in [-0.15, -0.1) is 0 Å². The van der Waals surface area contributed by atoms with Crippen LogP contribution in [0.4, 0.5) is 9.18 Å². The van der Waals surface area contributed by atoms with Crippen LogP contribution in [0.1, 0.15) is 64.5 Å². The van der Waals surface area contributed by atoms with Crippen molar-refractivity contribution in [2.75, 3.05) is 6.54 Å². The molecule has 0 bridgehead atoms. The standard InChI is InChI=1S/C23H32ClFN2O5/c1-12-18(22(5,6)7)23(19(29)30,15(21(2,3)4)10-27(12)20(31)32)9-14-17(25)13(11-28)8-16(24)26-14/h8,11-12,15,18H,9-10H2,1-7H3,(H,29,30)(H,31,32)/t12-,15?,18?,23-/m1/s1. The molecule has 178 valence electrons. The van der Waals surface area contributed by atoms with Crippen LogP contribution in [0.2, 0.25) is 5.15 Å². The fraction of sp³-hybridized carbons (Fsp3) is 0.652. The predicted octanol–water partition coefficient (Wildman–Crippen LogP) is 5.01. The molecule has 32 heavy (non-hydrogen) atoms. The lowest BCUT2D eigenvalue weighted by Gasteiger charge is -2.60. The summed E-state index contributed by atoms with van der Waals surface area (Å²) in [6, 6.07) is 0.439. The van der Waals surface area contributed by atoms with Crippen molar-refractivity contribution in [2.45, 2.75) is 60.9 Å². The van der Waals surface area contributed by atoms with E-state index in [1.807, 2.05) is 41.5 Å². The molecule has 1 aliphatic rings. The van der Waals surface area contributed by atoms with Gasteiger partial charge in [-0.05, 0) is 29.7 Å². The molecule has 0 aliphatic carbocycles. The topological polar surface area (TPSA) is 108 Å². The van der Waals surface area contributed by atoms with E-state index in [1.54, 1.807) is 6.92 Å². The molecule has 9 heteroatoms. The molecule has 0 saturated carbocycles.